The minimum Gasteiger partial charge on any atom is -0.338 e. The van der Waals surface area contributed by atoms with Gasteiger partial charge in [-0.05, 0) is 49.1 Å². The fourth-order valence-corrected chi connectivity index (χ4v) is 4.14. The first-order chi connectivity index (χ1) is 11.0. The number of hydrogen-bond donors (Lipinski definition) is 0. The predicted molar refractivity (Wildman–Crippen MR) is 91.4 cm³/mol. The average molecular weight is 341 g/mol. The van der Waals surface area contributed by atoms with Crippen LogP contribution in [-0.2, 0) is 4.79 Å². The highest BCUT2D eigenvalue weighted by Gasteiger charge is 2.20. The molecule has 1 atom stereocenters. The van der Waals surface area contributed by atoms with Crippen molar-refractivity contribution in [1.29, 1.82) is 0 Å². The Bertz CT molecular complexity index is 532. The Morgan fingerprint density at radius 1 is 1.26 bits per heavy atom. The van der Waals surface area contributed by atoms with Crippen LogP contribution in [0.4, 0.5) is 8.78 Å². The third-order valence-corrected chi connectivity index (χ3v) is 5.86. The van der Waals surface area contributed by atoms with E-state index in [2.05, 4.69) is 0 Å². The first kappa shape index (κ1) is 18.2. The van der Waals surface area contributed by atoms with Crippen molar-refractivity contribution in [3.05, 3.63) is 35.4 Å². The van der Waals surface area contributed by atoms with Gasteiger partial charge in [0.2, 0.25) is 5.91 Å². The zero-order valence-corrected chi connectivity index (χ0v) is 14.7. The summed E-state index contributed by atoms with van der Waals surface area (Å²) in [6.07, 6.45) is 6.53. The molecule has 1 unspecified atom stereocenters. The number of nitrogens with zero attached hydrogens (tertiary/aromatic N) is 1. The van der Waals surface area contributed by atoms with Crippen molar-refractivity contribution in [3.8, 4) is 0 Å². The summed E-state index contributed by atoms with van der Waals surface area (Å²) in [6, 6.07) is 3.53. The molecular weight excluding hydrogens is 316 g/mol. The maximum atomic E-state index is 13.3. The van der Waals surface area contributed by atoms with Gasteiger partial charge in [-0.25, -0.2) is 8.78 Å². The zero-order chi connectivity index (χ0) is 16.8. The van der Waals surface area contributed by atoms with Crippen molar-refractivity contribution in [1.82, 2.24) is 4.90 Å². The minimum atomic E-state index is -0.873. The maximum absolute atomic E-state index is 13.3. The third kappa shape index (κ3) is 5.20. The van der Waals surface area contributed by atoms with Crippen molar-refractivity contribution in [3.63, 3.8) is 0 Å². The van der Waals surface area contributed by atoms with Crippen LogP contribution in [-0.4, -0.2) is 29.4 Å². The fourth-order valence-electron chi connectivity index (χ4n) is 2.98. The monoisotopic (exact) mass is 341 g/mol. The lowest BCUT2D eigenvalue weighted by Crippen LogP contribution is -2.31. The lowest BCUT2D eigenvalue weighted by molar-refractivity contribution is -0.128. The van der Waals surface area contributed by atoms with Crippen molar-refractivity contribution >= 4 is 17.7 Å². The second-order valence-electron chi connectivity index (χ2n) is 6.37. The molecule has 2 rings (SSSR count). The molecule has 23 heavy (non-hydrogen) atoms. The molecule has 0 spiro atoms. The highest BCUT2D eigenvalue weighted by Crippen LogP contribution is 2.27. The molecule has 0 aliphatic heterocycles. The number of rotatable bonds is 6. The van der Waals surface area contributed by atoms with Gasteiger partial charge in [0, 0.05) is 7.05 Å². The first-order valence-electron chi connectivity index (χ1n) is 8.27. The Morgan fingerprint density at radius 2 is 1.96 bits per heavy atom. The van der Waals surface area contributed by atoms with Crippen LogP contribution in [0, 0.1) is 17.6 Å². The van der Waals surface area contributed by atoms with Crippen molar-refractivity contribution in [2.75, 3.05) is 18.6 Å². The standard InChI is InChI=1S/C18H25F2NOS/c1-13(15-8-9-16(19)17(20)10-15)21(2)18(22)12-23-11-14-6-4-3-5-7-14/h8-10,13-14H,3-7,11-12H2,1-2H3. The highest BCUT2D eigenvalue weighted by atomic mass is 32.2. The van der Waals surface area contributed by atoms with Crippen molar-refractivity contribution in [2.45, 2.75) is 45.1 Å². The van der Waals surface area contributed by atoms with Crippen LogP contribution in [0.3, 0.4) is 0 Å². The maximum Gasteiger partial charge on any atom is 0.232 e. The van der Waals surface area contributed by atoms with Crippen LogP contribution in [0.1, 0.15) is 50.6 Å². The van der Waals surface area contributed by atoms with Gasteiger partial charge < -0.3 is 4.90 Å². The molecule has 1 fully saturated rings. The molecule has 0 N–H and O–H groups in total. The van der Waals surface area contributed by atoms with Crippen molar-refractivity contribution in [2.24, 2.45) is 5.92 Å². The summed E-state index contributed by atoms with van der Waals surface area (Å²) >= 11 is 1.69. The molecule has 5 heteroatoms. The van der Waals surface area contributed by atoms with E-state index < -0.39 is 11.6 Å². The quantitative estimate of drug-likeness (QED) is 0.741. The smallest absolute Gasteiger partial charge is 0.232 e. The molecule has 1 aliphatic rings. The van der Waals surface area contributed by atoms with E-state index in [4.69, 9.17) is 0 Å². The molecule has 1 aliphatic carbocycles. The van der Waals surface area contributed by atoms with E-state index in [0.717, 1.165) is 17.7 Å². The summed E-state index contributed by atoms with van der Waals surface area (Å²) < 4.78 is 26.3. The molecule has 0 heterocycles. The normalized spacial score (nSPS) is 17.0. The molecule has 0 radical (unpaired) electrons. The molecule has 0 aromatic heterocycles. The van der Waals surface area contributed by atoms with E-state index in [1.807, 2.05) is 6.92 Å². The van der Waals surface area contributed by atoms with E-state index in [9.17, 15) is 13.6 Å². The molecule has 0 bridgehead atoms. The van der Waals surface area contributed by atoms with Crippen LogP contribution in [0.15, 0.2) is 18.2 Å². The van der Waals surface area contributed by atoms with Gasteiger partial charge in [-0.15, -0.1) is 0 Å². The minimum absolute atomic E-state index is 0.0306. The largest absolute Gasteiger partial charge is 0.338 e. The molecule has 0 saturated heterocycles. The summed E-state index contributed by atoms with van der Waals surface area (Å²) in [6.45, 7) is 1.83. The molecular formula is C18H25F2NOS. The second-order valence-corrected chi connectivity index (χ2v) is 7.40. The SMILES string of the molecule is CC(c1ccc(F)c(F)c1)N(C)C(=O)CSCC1CCCCC1. The molecule has 1 amide bonds. The van der Waals surface area contributed by atoms with Gasteiger partial charge in [-0.1, -0.05) is 25.3 Å². The summed E-state index contributed by atoms with van der Waals surface area (Å²) in [5.74, 6) is 0.526. The summed E-state index contributed by atoms with van der Waals surface area (Å²) in [5.41, 5.74) is 0.608. The van der Waals surface area contributed by atoms with Crippen LogP contribution in [0.25, 0.3) is 0 Å². The number of hydrogen-bond acceptors (Lipinski definition) is 2. The van der Waals surface area contributed by atoms with Gasteiger partial charge in [0.25, 0.3) is 0 Å². The molecule has 128 valence electrons. The number of carbonyl (C=O) groups is 1. The summed E-state index contributed by atoms with van der Waals surface area (Å²) in [5, 5.41) is 0. The Morgan fingerprint density at radius 3 is 2.61 bits per heavy atom. The van der Waals surface area contributed by atoms with Gasteiger partial charge >= 0.3 is 0 Å². The molecule has 1 aromatic carbocycles. The number of thioether (sulfide) groups is 1. The van der Waals surface area contributed by atoms with Crippen LogP contribution >= 0.6 is 11.8 Å². The van der Waals surface area contributed by atoms with Gasteiger partial charge in [-0.2, -0.15) is 11.8 Å². The van der Waals surface area contributed by atoms with E-state index in [0.29, 0.717) is 11.3 Å². The van der Waals surface area contributed by atoms with Crippen LogP contribution in [0.5, 0.6) is 0 Å². The Hall–Kier alpha value is -1.10. The second kappa shape index (κ2) is 8.67. The fraction of sp³-hybridized carbons (Fsp3) is 0.611. The Kier molecular flexibility index (Phi) is 6.88. The molecule has 1 aromatic rings. The molecule has 1 saturated carbocycles. The molecule has 2 nitrogen and oxygen atoms in total. The van der Waals surface area contributed by atoms with Gasteiger partial charge in [0.05, 0.1) is 11.8 Å². The number of amides is 1. The van der Waals surface area contributed by atoms with E-state index in [1.165, 1.54) is 44.2 Å². The van der Waals surface area contributed by atoms with Gasteiger partial charge in [0.1, 0.15) is 0 Å². The summed E-state index contributed by atoms with van der Waals surface area (Å²) in [4.78, 5) is 13.9. The van der Waals surface area contributed by atoms with E-state index >= 15 is 0 Å². The van der Waals surface area contributed by atoms with Crippen molar-refractivity contribution < 1.29 is 13.6 Å². The average Bonchev–Trinajstić information content (AvgIpc) is 2.57. The highest BCUT2D eigenvalue weighted by molar-refractivity contribution is 7.99. The Balaban J connectivity index is 1.81. The third-order valence-electron chi connectivity index (χ3n) is 4.70. The van der Waals surface area contributed by atoms with Crippen LogP contribution < -0.4 is 0 Å². The van der Waals surface area contributed by atoms with Gasteiger partial charge in [-0.3, -0.25) is 4.79 Å². The van der Waals surface area contributed by atoms with Gasteiger partial charge in [0.15, 0.2) is 11.6 Å². The number of benzene rings is 1. The van der Waals surface area contributed by atoms with E-state index in [1.54, 1.807) is 23.7 Å². The first-order valence-corrected chi connectivity index (χ1v) is 9.43. The number of halogens is 2. The lowest BCUT2D eigenvalue weighted by atomic mass is 9.91. The number of carbonyl (C=O) groups excluding carboxylic acids is 1. The lowest BCUT2D eigenvalue weighted by Gasteiger charge is -2.26. The predicted octanol–water partition coefficient (Wildman–Crippen LogP) is 4.80. The topological polar surface area (TPSA) is 20.3 Å². The Labute approximate surface area is 141 Å². The van der Waals surface area contributed by atoms with Crippen LogP contribution in [0.2, 0.25) is 0 Å². The zero-order valence-electron chi connectivity index (χ0n) is 13.9. The van der Waals surface area contributed by atoms with E-state index in [-0.39, 0.29) is 11.9 Å². The summed E-state index contributed by atoms with van der Waals surface area (Å²) in [7, 11) is 1.72.